The van der Waals surface area contributed by atoms with E-state index in [2.05, 4.69) is 10.1 Å². The van der Waals surface area contributed by atoms with Gasteiger partial charge in [-0.25, -0.2) is 0 Å². The van der Waals surface area contributed by atoms with Gasteiger partial charge in [0, 0.05) is 24.0 Å². The molecule has 21 heavy (non-hydrogen) atoms. The molecule has 2 aromatic heterocycles. The van der Waals surface area contributed by atoms with Crippen LogP contribution < -0.4 is 4.74 Å². The summed E-state index contributed by atoms with van der Waals surface area (Å²) >= 11 is 0. The van der Waals surface area contributed by atoms with Crippen molar-refractivity contribution in [3.63, 3.8) is 0 Å². The van der Waals surface area contributed by atoms with Crippen LogP contribution in [0.4, 0.5) is 0 Å². The molecule has 0 N–H and O–H groups in total. The topological polar surface area (TPSA) is 63.7 Å². The van der Waals surface area contributed by atoms with Crippen molar-refractivity contribution in [2.45, 2.75) is 18.9 Å². The highest BCUT2D eigenvalue weighted by Gasteiger charge is 2.29. The first-order valence-corrected chi connectivity index (χ1v) is 6.91. The average molecular weight is 280 g/mol. The van der Waals surface area contributed by atoms with Gasteiger partial charge in [-0.05, 0) is 30.9 Å². The van der Waals surface area contributed by atoms with E-state index in [-0.39, 0.29) is 0 Å². The molecule has 1 aliphatic rings. The van der Waals surface area contributed by atoms with Gasteiger partial charge in [0.1, 0.15) is 11.4 Å². The molecule has 106 valence electrons. The molecule has 5 heteroatoms. The predicted molar refractivity (Wildman–Crippen MR) is 78.5 cm³/mol. The molecule has 0 aromatic carbocycles. The summed E-state index contributed by atoms with van der Waals surface area (Å²) in [6, 6.07) is 6.19. The maximum Gasteiger partial charge on any atom is 0.145 e. The van der Waals surface area contributed by atoms with Crippen LogP contribution in [-0.4, -0.2) is 21.9 Å². The summed E-state index contributed by atoms with van der Waals surface area (Å²) in [4.78, 5) is 4.37. The Morgan fingerprint density at radius 1 is 1.48 bits per heavy atom. The molecule has 0 spiro atoms. The minimum Gasteiger partial charge on any atom is -0.494 e. The van der Waals surface area contributed by atoms with Crippen molar-refractivity contribution in [3.8, 4) is 23.1 Å². The fraction of sp³-hybridized carbons (Fsp3) is 0.312. The minimum absolute atomic E-state index is 0.404. The van der Waals surface area contributed by atoms with Crippen molar-refractivity contribution in [2.24, 2.45) is 5.92 Å². The molecule has 0 aliphatic heterocycles. The van der Waals surface area contributed by atoms with E-state index in [1.54, 1.807) is 19.4 Å². The van der Waals surface area contributed by atoms with Crippen LogP contribution in [0.25, 0.3) is 11.3 Å². The van der Waals surface area contributed by atoms with Crippen LogP contribution in [0.2, 0.25) is 0 Å². The summed E-state index contributed by atoms with van der Waals surface area (Å²) < 4.78 is 7.32. The molecule has 2 aromatic rings. The molecular formula is C16H16N4O. The molecule has 0 atom stereocenters. The minimum atomic E-state index is 0.404. The highest BCUT2D eigenvalue weighted by molar-refractivity contribution is 5.64. The Kier molecular flexibility index (Phi) is 3.69. The van der Waals surface area contributed by atoms with Crippen molar-refractivity contribution in [1.29, 1.82) is 5.26 Å². The molecule has 0 saturated heterocycles. The summed E-state index contributed by atoms with van der Waals surface area (Å²) in [6.45, 7) is 0. The Morgan fingerprint density at radius 2 is 2.33 bits per heavy atom. The summed E-state index contributed by atoms with van der Waals surface area (Å²) in [5, 5.41) is 13.0. The Morgan fingerprint density at radius 3 is 3.10 bits per heavy atom. The van der Waals surface area contributed by atoms with Crippen LogP contribution >= 0.6 is 0 Å². The molecule has 1 saturated carbocycles. The lowest BCUT2D eigenvalue weighted by atomic mass is 9.80. The van der Waals surface area contributed by atoms with Gasteiger partial charge in [0.25, 0.3) is 0 Å². The number of allylic oxidation sites excluding steroid dienone is 2. The molecule has 1 fully saturated rings. The van der Waals surface area contributed by atoms with Crippen LogP contribution in [0.3, 0.4) is 0 Å². The molecule has 0 amide bonds. The molecule has 0 unspecified atom stereocenters. The third-order valence-corrected chi connectivity index (χ3v) is 3.83. The maximum absolute atomic E-state index is 8.52. The fourth-order valence-corrected chi connectivity index (χ4v) is 2.61. The van der Waals surface area contributed by atoms with Crippen molar-refractivity contribution < 1.29 is 4.74 Å². The number of methoxy groups -OCH3 is 1. The maximum atomic E-state index is 8.52. The molecule has 1 aliphatic carbocycles. The Balaban J connectivity index is 1.73. The van der Waals surface area contributed by atoms with Crippen molar-refractivity contribution in [3.05, 3.63) is 42.9 Å². The first kappa shape index (κ1) is 13.4. The van der Waals surface area contributed by atoms with Gasteiger partial charge in [0.05, 0.1) is 25.4 Å². The van der Waals surface area contributed by atoms with Gasteiger partial charge in [-0.1, -0.05) is 6.08 Å². The van der Waals surface area contributed by atoms with Gasteiger partial charge in [-0.2, -0.15) is 10.4 Å². The van der Waals surface area contributed by atoms with Gasteiger partial charge in [0.15, 0.2) is 0 Å². The second-order valence-electron chi connectivity index (χ2n) is 5.14. The van der Waals surface area contributed by atoms with Crippen LogP contribution in [0.5, 0.6) is 5.75 Å². The van der Waals surface area contributed by atoms with Crippen LogP contribution in [0.1, 0.15) is 18.9 Å². The normalized spacial score (nSPS) is 21.0. The zero-order valence-electron chi connectivity index (χ0n) is 11.8. The second-order valence-corrected chi connectivity index (χ2v) is 5.14. The van der Waals surface area contributed by atoms with Gasteiger partial charge >= 0.3 is 0 Å². The van der Waals surface area contributed by atoms with Gasteiger partial charge in [-0.3, -0.25) is 9.67 Å². The summed E-state index contributed by atoms with van der Waals surface area (Å²) in [5.74, 6) is 1.24. The lowest BCUT2D eigenvalue weighted by Gasteiger charge is -2.33. The van der Waals surface area contributed by atoms with E-state index in [1.807, 2.05) is 41.4 Å². The molecule has 0 bridgehead atoms. The highest BCUT2D eigenvalue weighted by atomic mass is 16.5. The van der Waals surface area contributed by atoms with Gasteiger partial charge in [-0.15, -0.1) is 0 Å². The smallest absolute Gasteiger partial charge is 0.145 e. The van der Waals surface area contributed by atoms with Crippen LogP contribution in [-0.2, 0) is 0 Å². The Labute approximate surface area is 123 Å². The largest absolute Gasteiger partial charge is 0.494 e. The van der Waals surface area contributed by atoms with E-state index in [4.69, 9.17) is 10.00 Å². The number of nitrogens with zero attached hydrogens (tertiary/aromatic N) is 4. The Bertz CT molecular complexity index is 692. The van der Waals surface area contributed by atoms with Crippen LogP contribution in [0, 0.1) is 17.2 Å². The fourth-order valence-electron chi connectivity index (χ4n) is 2.61. The number of aromatic nitrogens is 3. The number of hydrogen-bond donors (Lipinski definition) is 0. The van der Waals surface area contributed by atoms with E-state index < -0.39 is 0 Å². The summed E-state index contributed by atoms with van der Waals surface area (Å²) in [7, 11) is 1.64. The zero-order valence-corrected chi connectivity index (χ0v) is 11.8. The monoisotopic (exact) mass is 280 g/mol. The zero-order chi connectivity index (χ0) is 14.7. The predicted octanol–water partition coefficient (Wildman–Crippen LogP) is 2.98. The molecule has 0 radical (unpaired) electrons. The molecular weight excluding hydrogens is 264 g/mol. The van der Waals surface area contributed by atoms with Crippen molar-refractivity contribution >= 4 is 0 Å². The van der Waals surface area contributed by atoms with E-state index in [0.717, 1.165) is 29.8 Å². The number of pyridine rings is 1. The van der Waals surface area contributed by atoms with E-state index in [9.17, 15) is 0 Å². The first-order chi connectivity index (χ1) is 10.3. The SMILES string of the molecule is COc1cccnc1-c1cnn(C2CC(/C=C/C#N)C2)c1. The molecule has 5 nitrogen and oxygen atoms in total. The average Bonchev–Trinajstić information content (AvgIpc) is 2.95. The van der Waals surface area contributed by atoms with Gasteiger partial charge in [0.2, 0.25) is 0 Å². The summed E-state index contributed by atoms with van der Waals surface area (Å²) in [6.07, 6.45) is 11.2. The van der Waals surface area contributed by atoms with Crippen LogP contribution in [0.15, 0.2) is 42.9 Å². The number of nitriles is 1. The number of hydrogen-bond acceptors (Lipinski definition) is 4. The van der Waals surface area contributed by atoms with Gasteiger partial charge < -0.3 is 4.74 Å². The van der Waals surface area contributed by atoms with Crippen molar-refractivity contribution in [2.75, 3.05) is 7.11 Å². The first-order valence-electron chi connectivity index (χ1n) is 6.91. The molecule has 3 rings (SSSR count). The number of ether oxygens (including phenoxy) is 1. The quantitative estimate of drug-likeness (QED) is 0.808. The summed E-state index contributed by atoms with van der Waals surface area (Å²) in [5.41, 5.74) is 1.77. The molecule has 2 heterocycles. The third-order valence-electron chi connectivity index (χ3n) is 3.83. The van der Waals surface area contributed by atoms with E-state index >= 15 is 0 Å². The second kappa shape index (κ2) is 5.80. The standard InChI is InChI=1S/C16H16N4O/c1-21-15-5-3-7-18-16(15)13-10-19-20(11-13)14-8-12(9-14)4-2-6-17/h2-5,7,10-12,14H,8-9H2,1H3/b4-2+. The highest BCUT2D eigenvalue weighted by Crippen LogP contribution is 2.39. The Hall–Kier alpha value is -2.61. The lowest BCUT2D eigenvalue weighted by Crippen LogP contribution is -2.25. The van der Waals surface area contributed by atoms with Crippen molar-refractivity contribution in [1.82, 2.24) is 14.8 Å². The number of rotatable bonds is 4. The van der Waals surface area contributed by atoms with E-state index in [1.165, 1.54) is 0 Å². The lowest BCUT2D eigenvalue weighted by molar-refractivity contribution is 0.224. The van der Waals surface area contributed by atoms with E-state index in [0.29, 0.717) is 12.0 Å². The third kappa shape index (κ3) is 2.65.